The number of nitrogens with one attached hydrogen (secondary N) is 1. The number of aryl methyl sites for hydroxylation is 1. The van der Waals surface area contributed by atoms with Gasteiger partial charge in [0, 0.05) is 11.8 Å². The van der Waals surface area contributed by atoms with Crippen molar-refractivity contribution < 1.29 is 19.2 Å². The molecule has 0 aliphatic heterocycles. The monoisotopic (exact) mass is 386 g/mol. The maximum absolute atomic E-state index is 12.7. The van der Waals surface area contributed by atoms with Gasteiger partial charge in [-0.3, -0.25) is 14.9 Å². The largest absolute Gasteiger partial charge is 0.493 e. The van der Waals surface area contributed by atoms with Crippen LogP contribution in [0.2, 0.25) is 0 Å². The highest BCUT2D eigenvalue weighted by atomic mass is 16.6. The Morgan fingerprint density at radius 2 is 1.82 bits per heavy atom. The van der Waals surface area contributed by atoms with Crippen LogP contribution in [0.5, 0.6) is 11.5 Å². The van der Waals surface area contributed by atoms with E-state index in [2.05, 4.69) is 12.2 Å². The number of nitro groups is 1. The quantitative estimate of drug-likeness (QED) is 0.353. The number of nitrogens with zero attached hydrogens (tertiary/aromatic N) is 1. The molecule has 0 saturated heterocycles. The van der Waals surface area contributed by atoms with Crippen molar-refractivity contribution in [2.75, 3.05) is 19.0 Å². The van der Waals surface area contributed by atoms with E-state index in [1.807, 2.05) is 12.1 Å². The Kier molecular flexibility index (Phi) is 7.80. The topological polar surface area (TPSA) is 90.7 Å². The predicted octanol–water partition coefficient (Wildman–Crippen LogP) is 4.99. The van der Waals surface area contributed by atoms with Crippen molar-refractivity contribution in [2.45, 2.75) is 39.5 Å². The number of hydrogen-bond acceptors (Lipinski definition) is 5. The van der Waals surface area contributed by atoms with Gasteiger partial charge in [0.2, 0.25) is 0 Å². The van der Waals surface area contributed by atoms with E-state index < -0.39 is 10.8 Å². The van der Waals surface area contributed by atoms with Gasteiger partial charge in [0.25, 0.3) is 11.6 Å². The summed E-state index contributed by atoms with van der Waals surface area (Å²) < 4.78 is 10.6. The lowest BCUT2D eigenvalue weighted by Crippen LogP contribution is -2.14. The standard InChI is InChI=1S/C21H26N2O5/c1-4-6-7-8-15-9-11-16(12-10-15)22-21(24)17-13-19(27-3)20(28-5-2)14-18(17)23(25)26/h9-14H,4-8H2,1-3H3,(H,22,24). The van der Waals surface area contributed by atoms with Crippen LogP contribution in [0.15, 0.2) is 36.4 Å². The van der Waals surface area contributed by atoms with Gasteiger partial charge in [-0.15, -0.1) is 0 Å². The van der Waals surface area contributed by atoms with Crippen LogP contribution in [0.3, 0.4) is 0 Å². The molecule has 0 aliphatic carbocycles. The number of carbonyl (C=O) groups excluding carboxylic acids is 1. The first-order chi connectivity index (χ1) is 13.5. The smallest absolute Gasteiger partial charge is 0.286 e. The third-order valence-electron chi connectivity index (χ3n) is 4.30. The summed E-state index contributed by atoms with van der Waals surface area (Å²) in [5, 5.41) is 14.1. The van der Waals surface area contributed by atoms with Gasteiger partial charge in [0.1, 0.15) is 5.56 Å². The summed E-state index contributed by atoms with van der Waals surface area (Å²) in [5.74, 6) is -0.0830. The van der Waals surface area contributed by atoms with Gasteiger partial charge >= 0.3 is 0 Å². The molecule has 0 bridgehead atoms. The summed E-state index contributed by atoms with van der Waals surface area (Å²) >= 11 is 0. The second-order valence-corrected chi connectivity index (χ2v) is 6.32. The Morgan fingerprint density at radius 1 is 1.11 bits per heavy atom. The van der Waals surface area contributed by atoms with Crippen LogP contribution in [0, 0.1) is 10.1 Å². The van der Waals surface area contributed by atoms with E-state index in [9.17, 15) is 14.9 Å². The average Bonchev–Trinajstić information content (AvgIpc) is 2.69. The third-order valence-corrected chi connectivity index (χ3v) is 4.30. The SMILES string of the molecule is CCCCCc1ccc(NC(=O)c2cc(OC)c(OCC)cc2[N+](=O)[O-])cc1. The highest BCUT2D eigenvalue weighted by molar-refractivity contribution is 6.07. The van der Waals surface area contributed by atoms with Gasteiger partial charge in [-0.05, 0) is 37.5 Å². The van der Waals surface area contributed by atoms with Crippen LogP contribution in [0.25, 0.3) is 0 Å². The Hall–Kier alpha value is -3.09. The number of carbonyl (C=O) groups is 1. The zero-order valence-corrected chi connectivity index (χ0v) is 16.5. The molecule has 0 radical (unpaired) electrons. The van der Waals surface area contributed by atoms with Gasteiger partial charge in [-0.1, -0.05) is 31.9 Å². The van der Waals surface area contributed by atoms with Crippen LogP contribution in [0.1, 0.15) is 49.0 Å². The molecule has 0 fully saturated rings. The molecular weight excluding hydrogens is 360 g/mol. The molecular formula is C21H26N2O5. The van der Waals surface area contributed by atoms with Gasteiger partial charge in [0.05, 0.1) is 24.7 Å². The van der Waals surface area contributed by atoms with Crippen molar-refractivity contribution in [3.05, 3.63) is 57.6 Å². The third kappa shape index (κ3) is 5.45. The molecule has 28 heavy (non-hydrogen) atoms. The fraction of sp³-hybridized carbons (Fsp3) is 0.381. The van der Waals surface area contributed by atoms with Crippen LogP contribution < -0.4 is 14.8 Å². The van der Waals surface area contributed by atoms with Gasteiger partial charge in [-0.25, -0.2) is 0 Å². The maximum atomic E-state index is 12.7. The van der Waals surface area contributed by atoms with E-state index in [-0.39, 0.29) is 22.7 Å². The van der Waals surface area contributed by atoms with Gasteiger partial charge in [0.15, 0.2) is 11.5 Å². The number of hydrogen-bond donors (Lipinski definition) is 1. The van der Waals surface area contributed by atoms with Crippen molar-refractivity contribution >= 4 is 17.3 Å². The van der Waals surface area contributed by atoms with Crippen LogP contribution in [0.4, 0.5) is 11.4 Å². The molecule has 7 heteroatoms. The Morgan fingerprint density at radius 3 is 2.39 bits per heavy atom. The van der Waals surface area contributed by atoms with E-state index in [1.54, 1.807) is 19.1 Å². The molecule has 1 amide bonds. The Labute approximate surface area is 164 Å². The maximum Gasteiger partial charge on any atom is 0.286 e. The summed E-state index contributed by atoms with van der Waals surface area (Å²) in [4.78, 5) is 23.5. The number of amides is 1. The molecule has 1 N–H and O–H groups in total. The molecule has 0 heterocycles. The van der Waals surface area contributed by atoms with Crippen molar-refractivity contribution in [1.82, 2.24) is 0 Å². The van der Waals surface area contributed by atoms with Crippen molar-refractivity contribution in [3.8, 4) is 11.5 Å². The predicted molar refractivity (Wildman–Crippen MR) is 108 cm³/mol. The number of benzene rings is 2. The number of methoxy groups -OCH3 is 1. The zero-order valence-electron chi connectivity index (χ0n) is 16.5. The van der Waals surface area contributed by atoms with E-state index in [0.717, 1.165) is 12.8 Å². The first-order valence-electron chi connectivity index (χ1n) is 9.39. The Balaban J connectivity index is 2.22. The summed E-state index contributed by atoms with van der Waals surface area (Å²) in [6, 6.07) is 10.1. The highest BCUT2D eigenvalue weighted by Gasteiger charge is 2.24. The zero-order chi connectivity index (χ0) is 20.5. The molecule has 0 aromatic heterocycles. The van der Waals surface area contributed by atoms with Gasteiger partial charge < -0.3 is 14.8 Å². The van der Waals surface area contributed by atoms with Crippen LogP contribution >= 0.6 is 0 Å². The number of rotatable bonds is 10. The number of ether oxygens (including phenoxy) is 2. The molecule has 0 atom stereocenters. The van der Waals surface area contributed by atoms with Crippen molar-refractivity contribution in [1.29, 1.82) is 0 Å². The lowest BCUT2D eigenvalue weighted by molar-refractivity contribution is -0.385. The van der Waals surface area contributed by atoms with Crippen molar-refractivity contribution in [3.63, 3.8) is 0 Å². The van der Waals surface area contributed by atoms with Gasteiger partial charge in [-0.2, -0.15) is 0 Å². The average molecular weight is 386 g/mol. The molecule has 0 aliphatic rings. The highest BCUT2D eigenvalue weighted by Crippen LogP contribution is 2.35. The molecule has 150 valence electrons. The second kappa shape index (κ2) is 10.3. The van der Waals surface area contributed by atoms with E-state index >= 15 is 0 Å². The molecule has 2 aromatic carbocycles. The van der Waals surface area contributed by atoms with Crippen LogP contribution in [-0.2, 0) is 6.42 Å². The summed E-state index contributed by atoms with van der Waals surface area (Å²) in [7, 11) is 1.42. The summed E-state index contributed by atoms with van der Waals surface area (Å²) in [6.07, 6.45) is 4.46. The second-order valence-electron chi connectivity index (χ2n) is 6.32. The molecule has 2 aromatic rings. The normalized spacial score (nSPS) is 10.4. The molecule has 0 saturated carbocycles. The summed E-state index contributed by atoms with van der Waals surface area (Å²) in [5.41, 5.74) is 1.35. The lowest BCUT2D eigenvalue weighted by atomic mass is 10.1. The fourth-order valence-corrected chi connectivity index (χ4v) is 2.84. The molecule has 2 rings (SSSR count). The molecule has 0 unspecified atom stereocenters. The van der Waals surface area contributed by atoms with Crippen LogP contribution in [-0.4, -0.2) is 24.5 Å². The minimum atomic E-state index is -0.603. The first-order valence-corrected chi connectivity index (χ1v) is 9.39. The number of unbranched alkanes of at least 4 members (excludes halogenated alkanes) is 2. The van der Waals surface area contributed by atoms with Crippen molar-refractivity contribution in [2.24, 2.45) is 0 Å². The van der Waals surface area contributed by atoms with E-state index in [0.29, 0.717) is 12.3 Å². The minimum absolute atomic E-state index is 0.0858. The lowest BCUT2D eigenvalue weighted by Gasteiger charge is -2.12. The number of anilines is 1. The van der Waals surface area contributed by atoms with E-state index in [1.165, 1.54) is 37.6 Å². The fourth-order valence-electron chi connectivity index (χ4n) is 2.84. The molecule has 0 spiro atoms. The van der Waals surface area contributed by atoms with E-state index in [4.69, 9.17) is 9.47 Å². The first kappa shape index (κ1) is 21.2. The Bertz CT molecular complexity index is 818. The summed E-state index contributed by atoms with van der Waals surface area (Å²) in [6.45, 7) is 4.25. The molecule has 7 nitrogen and oxygen atoms in total. The minimum Gasteiger partial charge on any atom is -0.493 e. The number of nitro benzene ring substituents is 1.